The zero-order chi connectivity index (χ0) is 14.4. The minimum Gasteiger partial charge on any atom is -0.397 e. The quantitative estimate of drug-likeness (QED) is 0.507. The Hall–Kier alpha value is -2.88. The summed E-state index contributed by atoms with van der Waals surface area (Å²) in [5.41, 5.74) is 8.28. The van der Waals surface area contributed by atoms with Gasteiger partial charge in [-0.1, -0.05) is 36.4 Å². The molecule has 0 heterocycles. The summed E-state index contributed by atoms with van der Waals surface area (Å²) >= 11 is 0. The number of rotatable bonds is 4. The number of nitrogens with two attached hydrogens (primary N) is 1. The van der Waals surface area contributed by atoms with Crippen molar-refractivity contribution in [3.8, 4) is 0 Å². The van der Waals surface area contributed by atoms with Crippen LogP contribution in [0.4, 0.5) is 11.4 Å². The second kappa shape index (κ2) is 6.33. The first-order valence-corrected chi connectivity index (χ1v) is 6.08. The normalized spacial score (nSPS) is 10.4. The Morgan fingerprint density at radius 2 is 1.65 bits per heavy atom. The molecule has 0 saturated heterocycles. The van der Waals surface area contributed by atoms with Gasteiger partial charge in [-0.2, -0.15) is 0 Å². The molecule has 2 aromatic rings. The van der Waals surface area contributed by atoms with Gasteiger partial charge in [0.15, 0.2) is 0 Å². The highest BCUT2D eigenvalue weighted by Crippen LogP contribution is 2.16. The lowest BCUT2D eigenvalue weighted by Gasteiger charge is -2.04. The Bertz CT molecular complexity index is 646. The molecular formula is C16H14N2O2. The molecule has 0 atom stereocenters. The van der Waals surface area contributed by atoms with E-state index in [1.807, 2.05) is 0 Å². The van der Waals surface area contributed by atoms with Crippen LogP contribution in [-0.2, 0) is 4.79 Å². The smallest absolute Gasteiger partial charge is 0.248 e. The van der Waals surface area contributed by atoms with Crippen LogP contribution in [0.25, 0.3) is 6.08 Å². The molecule has 0 aliphatic carbocycles. The zero-order valence-corrected chi connectivity index (χ0v) is 10.7. The summed E-state index contributed by atoms with van der Waals surface area (Å²) in [6.45, 7) is 0. The summed E-state index contributed by atoms with van der Waals surface area (Å²) in [7, 11) is 0. The maximum Gasteiger partial charge on any atom is 0.248 e. The summed E-state index contributed by atoms with van der Waals surface area (Å²) in [6.07, 6.45) is 3.86. The highest BCUT2D eigenvalue weighted by Gasteiger charge is 2.00. The van der Waals surface area contributed by atoms with E-state index in [0.717, 1.165) is 11.8 Å². The fraction of sp³-hybridized carbons (Fsp3) is 0. The van der Waals surface area contributed by atoms with E-state index < -0.39 is 0 Å². The van der Waals surface area contributed by atoms with Crippen molar-refractivity contribution in [2.45, 2.75) is 0 Å². The van der Waals surface area contributed by atoms with E-state index >= 15 is 0 Å². The Kier molecular flexibility index (Phi) is 4.29. The molecule has 1 amide bonds. The number of benzene rings is 2. The van der Waals surface area contributed by atoms with E-state index in [1.54, 1.807) is 54.6 Å². The molecule has 0 saturated carbocycles. The molecule has 0 spiro atoms. The molecule has 0 fully saturated rings. The molecule has 0 radical (unpaired) electrons. The first kappa shape index (κ1) is 13.5. The largest absolute Gasteiger partial charge is 0.397 e. The average Bonchev–Trinajstić information content (AvgIpc) is 2.48. The average molecular weight is 266 g/mol. The van der Waals surface area contributed by atoms with Crippen LogP contribution in [0.5, 0.6) is 0 Å². The van der Waals surface area contributed by atoms with E-state index in [1.165, 1.54) is 6.08 Å². The Morgan fingerprint density at radius 3 is 2.30 bits per heavy atom. The molecule has 0 bridgehead atoms. The SMILES string of the molecule is Nc1ccccc1NC(=O)/C=C/c1ccc(C=O)cc1. The van der Waals surface area contributed by atoms with Crippen molar-refractivity contribution < 1.29 is 9.59 Å². The van der Waals surface area contributed by atoms with Gasteiger partial charge in [0.1, 0.15) is 6.29 Å². The molecular weight excluding hydrogens is 252 g/mol. The van der Waals surface area contributed by atoms with Crippen molar-refractivity contribution in [2.75, 3.05) is 11.1 Å². The third-order valence-corrected chi connectivity index (χ3v) is 2.72. The van der Waals surface area contributed by atoms with Gasteiger partial charge in [0.05, 0.1) is 11.4 Å². The minimum atomic E-state index is -0.262. The molecule has 2 rings (SSSR count). The summed E-state index contributed by atoms with van der Waals surface area (Å²) < 4.78 is 0. The maximum absolute atomic E-state index is 11.8. The Morgan fingerprint density at radius 1 is 1.00 bits per heavy atom. The number of carbonyl (C=O) groups excluding carboxylic acids is 2. The van der Waals surface area contributed by atoms with Crippen LogP contribution < -0.4 is 11.1 Å². The third kappa shape index (κ3) is 3.55. The topological polar surface area (TPSA) is 72.2 Å². The van der Waals surface area contributed by atoms with Gasteiger partial charge in [0.25, 0.3) is 0 Å². The molecule has 4 nitrogen and oxygen atoms in total. The fourth-order valence-electron chi connectivity index (χ4n) is 1.64. The van der Waals surface area contributed by atoms with Crippen LogP contribution in [0.3, 0.4) is 0 Å². The number of para-hydroxylation sites is 2. The number of carbonyl (C=O) groups is 2. The van der Waals surface area contributed by atoms with Gasteiger partial charge < -0.3 is 11.1 Å². The molecule has 100 valence electrons. The third-order valence-electron chi connectivity index (χ3n) is 2.72. The molecule has 0 aromatic heterocycles. The van der Waals surface area contributed by atoms with E-state index in [-0.39, 0.29) is 5.91 Å². The van der Waals surface area contributed by atoms with Crippen LogP contribution in [0.2, 0.25) is 0 Å². The van der Waals surface area contributed by atoms with Crippen molar-refractivity contribution in [1.82, 2.24) is 0 Å². The van der Waals surface area contributed by atoms with Crippen molar-refractivity contribution in [2.24, 2.45) is 0 Å². The van der Waals surface area contributed by atoms with Crippen LogP contribution in [0, 0.1) is 0 Å². The summed E-state index contributed by atoms with van der Waals surface area (Å²) in [5, 5.41) is 2.70. The first-order valence-electron chi connectivity index (χ1n) is 6.08. The highest BCUT2D eigenvalue weighted by atomic mass is 16.1. The number of amides is 1. The number of hydrogen-bond donors (Lipinski definition) is 2. The summed E-state index contributed by atoms with van der Waals surface area (Å²) in [6, 6.07) is 14.0. The molecule has 2 aromatic carbocycles. The molecule has 4 heteroatoms. The van der Waals surface area contributed by atoms with Crippen LogP contribution in [0.1, 0.15) is 15.9 Å². The van der Waals surface area contributed by atoms with E-state index in [2.05, 4.69) is 5.32 Å². The number of aldehydes is 1. The van der Waals surface area contributed by atoms with Crippen molar-refractivity contribution in [1.29, 1.82) is 0 Å². The number of anilines is 2. The second-order valence-corrected chi connectivity index (χ2v) is 4.19. The number of hydrogen-bond acceptors (Lipinski definition) is 3. The maximum atomic E-state index is 11.8. The Balaban J connectivity index is 2.02. The molecule has 0 unspecified atom stereocenters. The lowest BCUT2D eigenvalue weighted by atomic mass is 10.1. The van der Waals surface area contributed by atoms with Gasteiger partial charge in [0, 0.05) is 11.6 Å². The summed E-state index contributed by atoms with van der Waals surface area (Å²) in [5.74, 6) is -0.262. The van der Waals surface area contributed by atoms with E-state index in [4.69, 9.17) is 5.73 Å². The zero-order valence-electron chi connectivity index (χ0n) is 10.7. The van der Waals surface area contributed by atoms with Gasteiger partial charge in [-0.15, -0.1) is 0 Å². The molecule has 0 aliphatic heterocycles. The molecule has 3 N–H and O–H groups in total. The second-order valence-electron chi connectivity index (χ2n) is 4.19. The van der Waals surface area contributed by atoms with Crippen molar-refractivity contribution in [3.63, 3.8) is 0 Å². The predicted octanol–water partition coefficient (Wildman–Crippen LogP) is 2.73. The first-order chi connectivity index (χ1) is 9.69. The van der Waals surface area contributed by atoms with Gasteiger partial charge in [-0.05, 0) is 23.8 Å². The van der Waals surface area contributed by atoms with Gasteiger partial charge in [-0.3, -0.25) is 9.59 Å². The van der Waals surface area contributed by atoms with Crippen molar-refractivity contribution in [3.05, 3.63) is 65.7 Å². The Labute approximate surface area is 116 Å². The van der Waals surface area contributed by atoms with E-state index in [0.29, 0.717) is 16.9 Å². The lowest BCUT2D eigenvalue weighted by Crippen LogP contribution is -2.09. The summed E-state index contributed by atoms with van der Waals surface area (Å²) in [4.78, 5) is 22.3. The molecule has 0 aliphatic rings. The number of nitrogen functional groups attached to an aromatic ring is 1. The highest BCUT2D eigenvalue weighted by molar-refractivity contribution is 6.03. The van der Waals surface area contributed by atoms with Crippen LogP contribution in [-0.4, -0.2) is 12.2 Å². The van der Waals surface area contributed by atoms with Crippen LogP contribution >= 0.6 is 0 Å². The van der Waals surface area contributed by atoms with Gasteiger partial charge >= 0.3 is 0 Å². The van der Waals surface area contributed by atoms with Crippen molar-refractivity contribution >= 4 is 29.6 Å². The van der Waals surface area contributed by atoms with Crippen LogP contribution in [0.15, 0.2) is 54.6 Å². The minimum absolute atomic E-state index is 0.262. The fourth-order valence-corrected chi connectivity index (χ4v) is 1.64. The standard InChI is InChI=1S/C16H14N2O2/c17-14-3-1-2-4-15(14)18-16(20)10-9-12-5-7-13(11-19)8-6-12/h1-11H,17H2,(H,18,20)/b10-9+. The lowest BCUT2D eigenvalue weighted by molar-refractivity contribution is -0.111. The number of nitrogens with one attached hydrogen (secondary N) is 1. The molecule has 20 heavy (non-hydrogen) atoms. The predicted molar refractivity (Wildman–Crippen MR) is 80.3 cm³/mol. The van der Waals surface area contributed by atoms with E-state index in [9.17, 15) is 9.59 Å². The van der Waals surface area contributed by atoms with Gasteiger partial charge in [-0.25, -0.2) is 0 Å². The monoisotopic (exact) mass is 266 g/mol. The van der Waals surface area contributed by atoms with Gasteiger partial charge in [0.2, 0.25) is 5.91 Å².